The molecule has 0 saturated carbocycles. The SMILES string of the molecule is CC1(C)CCc2ccc3c4c(ccc5c6cc7c8ccccc8c8ccccc8c7cc6n(-c6cccc(-c7nc8ccccc8nc7-c7ccccc7)c6)c54)n(-c4cccc(C(C)(C)C)c4)c3c2C1. The Hall–Kier alpha value is -8.08. The fraction of sp³-hybridized carbons (Fsp3) is 0.152. The monoisotopic (exact) mass is 900 g/mol. The molecule has 0 unspecified atom stereocenters. The van der Waals surface area contributed by atoms with E-state index in [9.17, 15) is 0 Å². The first-order chi connectivity index (χ1) is 34.1. The summed E-state index contributed by atoms with van der Waals surface area (Å²) in [7, 11) is 0. The van der Waals surface area contributed by atoms with Gasteiger partial charge in [-0.15, -0.1) is 0 Å². The van der Waals surface area contributed by atoms with Crippen LogP contribution in [0.4, 0.5) is 0 Å². The molecule has 336 valence electrons. The molecule has 0 radical (unpaired) electrons. The van der Waals surface area contributed by atoms with Crippen LogP contribution in [0.2, 0.25) is 0 Å². The van der Waals surface area contributed by atoms with Gasteiger partial charge >= 0.3 is 0 Å². The summed E-state index contributed by atoms with van der Waals surface area (Å²) in [5.41, 5.74) is 17.3. The van der Waals surface area contributed by atoms with E-state index in [0.29, 0.717) is 0 Å². The van der Waals surface area contributed by atoms with Gasteiger partial charge in [0.15, 0.2) is 0 Å². The smallest absolute Gasteiger partial charge is 0.0973 e. The zero-order chi connectivity index (χ0) is 47.0. The fourth-order valence-corrected chi connectivity index (χ4v) is 12.1. The molecule has 3 aromatic heterocycles. The lowest BCUT2D eigenvalue weighted by Crippen LogP contribution is -2.22. The topological polar surface area (TPSA) is 35.6 Å². The summed E-state index contributed by atoms with van der Waals surface area (Å²) in [4.78, 5) is 10.7. The number of aryl methyl sites for hydroxylation is 1. The van der Waals surface area contributed by atoms with E-state index >= 15 is 0 Å². The number of hydrogen-bond donors (Lipinski definition) is 0. The van der Waals surface area contributed by atoms with E-state index < -0.39 is 0 Å². The van der Waals surface area contributed by atoms with Gasteiger partial charge in [-0.3, -0.25) is 0 Å². The Balaban J connectivity index is 1.16. The number of hydrogen-bond acceptors (Lipinski definition) is 2. The molecule has 0 fully saturated rings. The van der Waals surface area contributed by atoms with Gasteiger partial charge in [0.1, 0.15) is 0 Å². The van der Waals surface area contributed by atoms with Gasteiger partial charge < -0.3 is 9.13 Å². The maximum atomic E-state index is 5.40. The summed E-state index contributed by atoms with van der Waals surface area (Å²) in [5.74, 6) is 0. The summed E-state index contributed by atoms with van der Waals surface area (Å²) in [6.07, 6.45) is 3.30. The van der Waals surface area contributed by atoms with E-state index in [1.165, 1.54) is 105 Å². The highest BCUT2D eigenvalue weighted by molar-refractivity contribution is 6.31. The van der Waals surface area contributed by atoms with Crippen molar-refractivity contribution in [1.82, 2.24) is 19.1 Å². The second kappa shape index (κ2) is 15.0. The Bertz CT molecular complexity index is 4330. The molecule has 3 heterocycles. The first-order valence-electron chi connectivity index (χ1n) is 24.9. The van der Waals surface area contributed by atoms with Crippen LogP contribution in [0.3, 0.4) is 0 Å². The van der Waals surface area contributed by atoms with Gasteiger partial charge in [-0.05, 0) is 134 Å². The average molecular weight is 901 g/mol. The predicted molar refractivity (Wildman–Crippen MR) is 296 cm³/mol. The number of fused-ring (bicyclic) bond motifs is 16. The summed E-state index contributed by atoms with van der Waals surface area (Å²) < 4.78 is 5.20. The third kappa shape index (κ3) is 6.15. The van der Waals surface area contributed by atoms with Crippen LogP contribution in [0.15, 0.2) is 188 Å². The van der Waals surface area contributed by atoms with Crippen molar-refractivity contribution >= 4 is 87.0 Å². The summed E-state index contributed by atoms with van der Waals surface area (Å²) >= 11 is 0. The van der Waals surface area contributed by atoms with Gasteiger partial charge in [0.25, 0.3) is 0 Å². The number of benzene rings is 10. The van der Waals surface area contributed by atoms with E-state index in [1.54, 1.807) is 0 Å². The van der Waals surface area contributed by atoms with Crippen molar-refractivity contribution in [2.75, 3.05) is 0 Å². The van der Waals surface area contributed by atoms with Crippen molar-refractivity contribution in [1.29, 1.82) is 0 Å². The largest absolute Gasteiger partial charge is 0.309 e. The Labute approximate surface area is 407 Å². The zero-order valence-electron chi connectivity index (χ0n) is 40.3. The van der Waals surface area contributed by atoms with Crippen LogP contribution < -0.4 is 0 Å². The van der Waals surface area contributed by atoms with E-state index in [4.69, 9.17) is 9.97 Å². The summed E-state index contributed by atoms with van der Waals surface area (Å²) in [6, 6.07) is 69.7. The highest BCUT2D eigenvalue weighted by Crippen LogP contribution is 2.48. The fourth-order valence-electron chi connectivity index (χ4n) is 12.1. The van der Waals surface area contributed by atoms with E-state index in [-0.39, 0.29) is 10.8 Å². The predicted octanol–water partition coefficient (Wildman–Crippen LogP) is 17.4. The molecule has 10 aromatic carbocycles. The quantitative estimate of drug-likeness (QED) is 0.165. The number of para-hydroxylation sites is 2. The summed E-state index contributed by atoms with van der Waals surface area (Å²) in [5, 5.41) is 12.7. The first-order valence-corrected chi connectivity index (χ1v) is 24.9. The van der Waals surface area contributed by atoms with Crippen molar-refractivity contribution in [3.05, 3.63) is 205 Å². The normalized spacial score (nSPS) is 14.0. The Kier molecular flexibility index (Phi) is 8.75. The number of rotatable bonds is 4. The van der Waals surface area contributed by atoms with E-state index in [2.05, 4.69) is 220 Å². The molecule has 0 bridgehead atoms. The van der Waals surface area contributed by atoms with E-state index in [0.717, 1.165) is 52.1 Å². The molecule has 1 aliphatic carbocycles. The lowest BCUT2D eigenvalue weighted by Gasteiger charge is -2.32. The Morgan fingerprint density at radius 3 is 1.71 bits per heavy atom. The number of nitrogens with zero attached hydrogens (tertiary/aromatic N) is 4. The van der Waals surface area contributed by atoms with Crippen molar-refractivity contribution < 1.29 is 0 Å². The highest BCUT2D eigenvalue weighted by atomic mass is 15.0. The molecule has 0 spiro atoms. The molecule has 4 nitrogen and oxygen atoms in total. The molecule has 13 aromatic rings. The molecule has 1 aliphatic rings. The van der Waals surface area contributed by atoms with Gasteiger partial charge in [-0.2, -0.15) is 0 Å². The molecule has 14 rings (SSSR count). The third-order valence-corrected chi connectivity index (χ3v) is 15.6. The van der Waals surface area contributed by atoms with Crippen molar-refractivity contribution in [3.63, 3.8) is 0 Å². The van der Waals surface area contributed by atoms with Gasteiger partial charge in [0.2, 0.25) is 0 Å². The average Bonchev–Trinajstić information content (AvgIpc) is 3.90. The first kappa shape index (κ1) is 40.9. The molecule has 0 N–H and O–H groups in total. The van der Waals surface area contributed by atoms with Crippen molar-refractivity contribution in [2.24, 2.45) is 5.41 Å². The Morgan fingerprint density at radius 1 is 0.443 bits per heavy atom. The lowest BCUT2D eigenvalue weighted by atomic mass is 9.74. The van der Waals surface area contributed by atoms with Crippen LogP contribution >= 0.6 is 0 Å². The molecule has 0 amide bonds. The minimum atomic E-state index is -0.00690. The molecular weight excluding hydrogens is 849 g/mol. The van der Waals surface area contributed by atoms with Crippen LogP contribution in [0.25, 0.3) is 121 Å². The standard InChI is InChI=1S/C66H52N4/c1-65(2,3)43-20-16-22-45(36-43)69-58-32-31-50-54-37-52-48-25-11-9-23-46(48)47-24-10-12-26-49(47)53(52)38-59(54)70(64(50)60(58)51-30-29-40-33-34-66(4,5)39-55(40)63(51)69)44-21-15-19-42(35-44)62-61(41-17-7-6-8-18-41)67-56-27-13-14-28-57(56)68-62/h6-32,35-38H,33-34,39H2,1-5H3. The second-order valence-electron chi connectivity index (χ2n) is 21.6. The molecule has 70 heavy (non-hydrogen) atoms. The minimum Gasteiger partial charge on any atom is -0.309 e. The molecular formula is C66H52N4. The van der Waals surface area contributed by atoms with Crippen molar-refractivity contribution in [3.8, 4) is 33.9 Å². The van der Waals surface area contributed by atoms with Gasteiger partial charge in [0.05, 0.1) is 44.5 Å². The van der Waals surface area contributed by atoms with Gasteiger partial charge in [0, 0.05) is 44.0 Å². The number of aromatic nitrogens is 4. The molecule has 0 atom stereocenters. The van der Waals surface area contributed by atoms with E-state index in [1.807, 2.05) is 12.1 Å². The maximum absolute atomic E-state index is 5.40. The second-order valence-corrected chi connectivity index (χ2v) is 21.6. The highest BCUT2D eigenvalue weighted by Gasteiger charge is 2.31. The maximum Gasteiger partial charge on any atom is 0.0973 e. The third-order valence-electron chi connectivity index (χ3n) is 15.6. The van der Waals surface area contributed by atoms with Crippen LogP contribution in [0, 0.1) is 5.41 Å². The molecule has 0 aliphatic heterocycles. The lowest BCUT2D eigenvalue weighted by molar-refractivity contribution is 0.316. The zero-order valence-corrected chi connectivity index (χ0v) is 40.3. The van der Waals surface area contributed by atoms with Gasteiger partial charge in [-0.1, -0.05) is 168 Å². The minimum absolute atomic E-state index is 0.00690. The molecule has 0 saturated heterocycles. The van der Waals surface area contributed by atoms with Crippen LogP contribution in [0.1, 0.15) is 57.7 Å². The van der Waals surface area contributed by atoms with Crippen LogP contribution in [-0.2, 0) is 18.3 Å². The van der Waals surface area contributed by atoms with Gasteiger partial charge in [-0.25, -0.2) is 9.97 Å². The van der Waals surface area contributed by atoms with Crippen LogP contribution in [0.5, 0.6) is 0 Å². The summed E-state index contributed by atoms with van der Waals surface area (Å²) in [6.45, 7) is 11.9. The molecule has 4 heteroatoms. The Morgan fingerprint density at radius 2 is 1.01 bits per heavy atom. The van der Waals surface area contributed by atoms with Crippen LogP contribution in [-0.4, -0.2) is 19.1 Å². The van der Waals surface area contributed by atoms with Crippen molar-refractivity contribution in [2.45, 2.75) is 59.3 Å².